The van der Waals surface area contributed by atoms with Crippen molar-refractivity contribution in [2.45, 2.75) is 25.8 Å². The molecule has 1 aliphatic rings. The maximum Gasteiger partial charge on any atom is 0.159 e. The molecule has 1 aliphatic heterocycles. The summed E-state index contributed by atoms with van der Waals surface area (Å²) in [6.45, 7) is 3.56. The van der Waals surface area contributed by atoms with E-state index in [9.17, 15) is 0 Å². The Morgan fingerprint density at radius 2 is 1.86 bits per heavy atom. The number of hydrogen-bond acceptors (Lipinski definition) is 8. The van der Waals surface area contributed by atoms with Crippen molar-refractivity contribution in [3.63, 3.8) is 0 Å². The van der Waals surface area contributed by atoms with Crippen molar-refractivity contribution < 1.29 is 4.74 Å². The zero-order valence-electron chi connectivity index (χ0n) is 20.2. The van der Waals surface area contributed by atoms with E-state index in [1.54, 1.807) is 24.8 Å². The molecule has 0 aromatic carbocycles. The van der Waals surface area contributed by atoms with Crippen LogP contribution in [-0.4, -0.2) is 57.5 Å². The van der Waals surface area contributed by atoms with Gasteiger partial charge < -0.3 is 4.74 Å². The van der Waals surface area contributed by atoms with Crippen molar-refractivity contribution >= 4 is 16.7 Å². The van der Waals surface area contributed by atoms with Gasteiger partial charge in [0.05, 0.1) is 36.0 Å². The smallest absolute Gasteiger partial charge is 0.159 e. The number of fused-ring (bicyclic) bond motifs is 2. The number of aromatic nitrogens is 9. The Kier molecular flexibility index (Phi) is 5.17. The van der Waals surface area contributed by atoms with Crippen molar-refractivity contribution in [1.82, 2.24) is 44.3 Å². The molecule has 7 heterocycles. The molecule has 1 saturated heterocycles. The summed E-state index contributed by atoms with van der Waals surface area (Å²) >= 11 is 0. The first-order valence-corrected chi connectivity index (χ1v) is 12.2. The van der Waals surface area contributed by atoms with E-state index < -0.39 is 0 Å². The summed E-state index contributed by atoms with van der Waals surface area (Å²) in [5.41, 5.74) is 7.34. The number of pyridine rings is 2. The Balaban J connectivity index is 1.35. The van der Waals surface area contributed by atoms with E-state index in [1.165, 1.54) is 0 Å². The van der Waals surface area contributed by atoms with E-state index >= 15 is 0 Å². The van der Waals surface area contributed by atoms with Crippen molar-refractivity contribution in [3.8, 4) is 33.8 Å². The van der Waals surface area contributed by atoms with E-state index in [2.05, 4.69) is 43.1 Å². The monoisotopic (exact) mass is 489 g/mol. The van der Waals surface area contributed by atoms with Crippen LogP contribution in [0.3, 0.4) is 0 Å². The highest BCUT2D eigenvalue weighted by Crippen LogP contribution is 2.33. The molecule has 0 unspecified atom stereocenters. The van der Waals surface area contributed by atoms with Crippen LogP contribution >= 0.6 is 0 Å². The van der Waals surface area contributed by atoms with Gasteiger partial charge in [-0.2, -0.15) is 10.2 Å². The first-order chi connectivity index (χ1) is 18.2. The lowest BCUT2D eigenvalue weighted by Gasteiger charge is -2.22. The minimum absolute atomic E-state index is 0.368. The summed E-state index contributed by atoms with van der Waals surface area (Å²) in [5.74, 6) is 0. The maximum absolute atomic E-state index is 5.50. The van der Waals surface area contributed by atoms with E-state index in [1.807, 2.05) is 36.0 Å². The normalized spacial score (nSPS) is 14.5. The van der Waals surface area contributed by atoms with Gasteiger partial charge in [-0.3, -0.25) is 14.6 Å². The van der Waals surface area contributed by atoms with Crippen LogP contribution < -0.4 is 0 Å². The van der Waals surface area contributed by atoms with Crippen LogP contribution in [0.25, 0.3) is 50.5 Å². The van der Waals surface area contributed by atoms with Gasteiger partial charge in [-0.25, -0.2) is 19.5 Å². The molecule has 10 nitrogen and oxygen atoms in total. The van der Waals surface area contributed by atoms with Gasteiger partial charge in [0.1, 0.15) is 11.4 Å². The summed E-state index contributed by atoms with van der Waals surface area (Å²) in [5, 5.41) is 10.5. The number of rotatable bonds is 4. The fraction of sp³-hybridized carbons (Fsp3) is 0.222. The fourth-order valence-corrected chi connectivity index (χ4v) is 4.92. The lowest BCUT2D eigenvalue weighted by molar-refractivity contribution is 0.0662. The van der Waals surface area contributed by atoms with Crippen LogP contribution in [0.1, 0.15) is 24.6 Å². The second-order valence-electron chi connectivity index (χ2n) is 9.13. The van der Waals surface area contributed by atoms with E-state index in [0.717, 1.165) is 65.2 Å². The fourth-order valence-electron chi connectivity index (χ4n) is 4.92. The zero-order chi connectivity index (χ0) is 24.8. The van der Waals surface area contributed by atoms with Crippen LogP contribution in [0.5, 0.6) is 0 Å². The second-order valence-corrected chi connectivity index (χ2v) is 9.13. The molecule has 0 N–H and O–H groups in total. The molecule has 0 saturated carbocycles. The highest BCUT2D eigenvalue weighted by Gasteiger charge is 2.20. The standard InChI is InChI=1S/C27H23N9O/c1-17-21(19-13-32-35(16-19)20-4-9-37-10-5-20)12-25-31-15-24(36(25)34-17)22-11-18-3-2-6-30-27(18)33-26(22)23-14-28-7-8-29-23/h2-3,6-8,11-16,20H,4-5,9-10H2,1H3. The molecule has 0 amide bonds. The molecular weight excluding hydrogens is 466 g/mol. The number of imidazole rings is 1. The van der Waals surface area contributed by atoms with Gasteiger partial charge in [-0.05, 0) is 44.0 Å². The summed E-state index contributed by atoms with van der Waals surface area (Å²) in [6, 6.07) is 8.39. The highest BCUT2D eigenvalue weighted by molar-refractivity contribution is 5.88. The summed E-state index contributed by atoms with van der Waals surface area (Å²) in [4.78, 5) is 22.7. The van der Waals surface area contributed by atoms with E-state index in [-0.39, 0.29) is 0 Å². The highest BCUT2D eigenvalue weighted by atomic mass is 16.5. The Hall–Kier alpha value is -4.57. The zero-order valence-corrected chi connectivity index (χ0v) is 20.2. The van der Waals surface area contributed by atoms with Crippen LogP contribution in [0.2, 0.25) is 0 Å². The first-order valence-electron chi connectivity index (χ1n) is 12.2. The topological polar surface area (TPSA) is 109 Å². The largest absolute Gasteiger partial charge is 0.381 e. The third-order valence-electron chi connectivity index (χ3n) is 6.83. The number of hydrogen-bond donors (Lipinski definition) is 0. The lowest BCUT2D eigenvalue weighted by atomic mass is 10.1. The van der Waals surface area contributed by atoms with Crippen molar-refractivity contribution in [2.75, 3.05) is 13.2 Å². The summed E-state index contributed by atoms with van der Waals surface area (Å²) in [6.07, 6.45) is 14.5. The molecule has 0 aliphatic carbocycles. The molecule has 0 radical (unpaired) electrons. The van der Waals surface area contributed by atoms with Crippen LogP contribution in [0.15, 0.2) is 67.6 Å². The third kappa shape index (κ3) is 3.82. The van der Waals surface area contributed by atoms with Crippen LogP contribution in [-0.2, 0) is 4.74 Å². The molecule has 10 heteroatoms. The quantitative estimate of drug-likeness (QED) is 0.360. The Morgan fingerprint density at radius 1 is 0.946 bits per heavy atom. The van der Waals surface area contributed by atoms with Crippen LogP contribution in [0, 0.1) is 6.92 Å². The predicted molar refractivity (Wildman–Crippen MR) is 138 cm³/mol. The average molecular weight is 490 g/mol. The van der Waals surface area contributed by atoms with Gasteiger partial charge in [0.15, 0.2) is 11.3 Å². The van der Waals surface area contributed by atoms with Gasteiger partial charge in [0.25, 0.3) is 0 Å². The summed E-state index contributed by atoms with van der Waals surface area (Å²) in [7, 11) is 0. The van der Waals surface area contributed by atoms with Gasteiger partial charge in [-0.1, -0.05) is 0 Å². The summed E-state index contributed by atoms with van der Waals surface area (Å²) < 4.78 is 9.42. The molecule has 1 fully saturated rings. The maximum atomic E-state index is 5.50. The molecule has 0 atom stereocenters. The minimum atomic E-state index is 0.368. The van der Waals surface area contributed by atoms with Crippen molar-refractivity contribution in [1.29, 1.82) is 0 Å². The molecule has 0 bridgehead atoms. The Bertz CT molecular complexity index is 1740. The van der Waals surface area contributed by atoms with Gasteiger partial charge >= 0.3 is 0 Å². The molecule has 182 valence electrons. The van der Waals surface area contributed by atoms with Gasteiger partial charge in [0.2, 0.25) is 0 Å². The van der Waals surface area contributed by atoms with Gasteiger partial charge in [0, 0.05) is 60.1 Å². The van der Waals surface area contributed by atoms with Crippen LogP contribution in [0.4, 0.5) is 0 Å². The molecule has 37 heavy (non-hydrogen) atoms. The lowest BCUT2D eigenvalue weighted by Crippen LogP contribution is -2.19. The SMILES string of the molecule is Cc1nn2c(-c3cc4cccnc4nc3-c3cnccn3)cnc2cc1-c1cnn(C2CCOCC2)c1. The van der Waals surface area contributed by atoms with E-state index in [0.29, 0.717) is 23.1 Å². The molecule has 0 spiro atoms. The Morgan fingerprint density at radius 3 is 2.73 bits per heavy atom. The second kappa shape index (κ2) is 8.82. The first kappa shape index (κ1) is 21.7. The van der Waals surface area contributed by atoms with Crippen molar-refractivity contribution in [2.24, 2.45) is 0 Å². The Labute approximate surface area is 212 Å². The third-order valence-corrected chi connectivity index (χ3v) is 6.83. The number of aryl methyl sites for hydroxylation is 1. The molecule has 6 aromatic heterocycles. The minimum Gasteiger partial charge on any atom is -0.381 e. The molecular formula is C27H23N9O. The number of ether oxygens (including phenoxy) is 1. The molecule has 6 aromatic rings. The average Bonchev–Trinajstić information content (AvgIpc) is 3.60. The van der Waals surface area contributed by atoms with Gasteiger partial charge in [-0.15, -0.1) is 0 Å². The predicted octanol–water partition coefficient (Wildman–Crippen LogP) is 4.32. The number of nitrogens with zero attached hydrogens (tertiary/aromatic N) is 9. The van der Waals surface area contributed by atoms with Crippen molar-refractivity contribution in [3.05, 3.63) is 73.3 Å². The molecule has 7 rings (SSSR count). The van der Waals surface area contributed by atoms with E-state index in [4.69, 9.17) is 19.8 Å².